The average Bonchev–Trinajstić information content (AvgIpc) is 2.96. The second-order valence-electron chi connectivity index (χ2n) is 11.2. The highest BCUT2D eigenvalue weighted by atomic mass is 16.5. The van der Waals surface area contributed by atoms with Crippen molar-refractivity contribution in [2.75, 3.05) is 13.2 Å². The number of ether oxygens (including phenoxy) is 2. The number of benzene rings is 2. The van der Waals surface area contributed by atoms with Gasteiger partial charge < -0.3 is 24.8 Å². The van der Waals surface area contributed by atoms with Crippen molar-refractivity contribution in [2.24, 2.45) is 0 Å². The zero-order chi connectivity index (χ0) is 29.5. The van der Waals surface area contributed by atoms with E-state index in [1.807, 2.05) is 0 Å². The molecular formula is C35H54O6. The van der Waals surface area contributed by atoms with E-state index >= 15 is 0 Å². The maximum absolute atomic E-state index is 11.6. The highest BCUT2D eigenvalue weighted by molar-refractivity contribution is 5.88. The lowest BCUT2D eigenvalue weighted by molar-refractivity contribution is 0.0695. The molecule has 0 aromatic heterocycles. The lowest BCUT2D eigenvalue weighted by atomic mass is 10.0. The third-order valence-electron chi connectivity index (χ3n) is 7.60. The minimum atomic E-state index is -1.01. The predicted molar refractivity (Wildman–Crippen MR) is 167 cm³/mol. The molecule has 2 aromatic carbocycles. The van der Waals surface area contributed by atoms with Crippen LogP contribution in [0.15, 0.2) is 36.4 Å². The van der Waals surface area contributed by atoms with Gasteiger partial charge >= 0.3 is 5.97 Å². The van der Waals surface area contributed by atoms with Crippen molar-refractivity contribution < 1.29 is 29.6 Å². The summed E-state index contributed by atoms with van der Waals surface area (Å²) < 4.78 is 11.7. The zero-order valence-corrected chi connectivity index (χ0v) is 25.4. The number of hydrogen-bond acceptors (Lipinski definition) is 5. The Morgan fingerprint density at radius 3 is 1.59 bits per heavy atom. The van der Waals surface area contributed by atoms with Gasteiger partial charge in [-0.1, -0.05) is 115 Å². The molecule has 0 bridgehead atoms. The molecule has 0 fully saturated rings. The number of carbonyl (C=O) groups is 1. The smallest absolute Gasteiger partial charge is 0.335 e. The number of para-hydroxylation sites is 1. The van der Waals surface area contributed by atoms with E-state index < -0.39 is 5.97 Å². The summed E-state index contributed by atoms with van der Waals surface area (Å²) in [6.07, 6.45) is 23.2. The Hall–Kier alpha value is -2.89. The standard InChI is InChI=1S/C35H54O6/c1-2-3-4-5-6-7-8-9-10-11-12-13-14-15-16-18-24-40-31-26-30(35(38)39)27-32(28-31)41-25-19-17-21-29-22-20-23-33(36)34(29)37/h20,22-23,26-28,36-37H,2-19,21,24-25H2,1H3,(H,38,39). The topological polar surface area (TPSA) is 96.2 Å². The van der Waals surface area contributed by atoms with Crippen molar-refractivity contribution in [1.29, 1.82) is 0 Å². The summed E-state index contributed by atoms with van der Waals surface area (Å²) in [5.74, 6) is -0.204. The monoisotopic (exact) mass is 570 g/mol. The average molecular weight is 571 g/mol. The van der Waals surface area contributed by atoms with Crippen LogP contribution in [0.3, 0.4) is 0 Å². The molecule has 230 valence electrons. The molecule has 6 nitrogen and oxygen atoms in total. The highest BCUT2D eigenvalue weighted by Crippen LogP contribution is 2.29. The quantitative estimate of drug-likeness (QED) is 0.0812. The van der Waals surface area contributed by atoms with Crippen LogP contribution in [0.2, 0.25) is 0 Å². The molecule has 0 aliphatic rings. The van der Waals surface area contributed by atoms with E-state index in [2.05, 4.69) is 6.92 Å². The van der Waals surface area contributed by atoms with Crippen molar-refractivity contribution >= 4 is 5.97 Å². The number of aromatic hydroxyl groups is 2. The number of phenols is 2. The number of carboxylic acids is 1. The summed E-state index contributed by atoms with van der Waals surface area (Å²) in [5.41, 5.74) is 0.844. The van der Waals surface area contributed by atoms with Gasteiger partial charge in [0.05, 0.1) is 18.8 Å². The number of carboxylic acid groups (broad SMARTS) is 1. The van der Waals surface area contributed by atoms with Crippen molar-refractivity contribution in [1.82, 2.24) is 0 Å². The second kappa shape index (κ2) is 21.8. The molecule has 41 heavy (non-hydrogen) atoms. The first kappa shape index (κ1) is 34.3. The summed E-state index contributed by atoms with van der Waals surface area (Å²) >= 11 is 0. The van der Waals surface area contributed by atoms with Crippen LogP contribution in [0.5, 0.6) is 23.0 Å². The molecule has 0 amide bonds. The number of aryl methyl sites for hydroxylation is 1. The van der Waals surface area contributed by atoms with Crippen LogP contribution in [0, 0.1) is 0 Å². The lowest BCUT2D eigenvalue weighted by Gasteiger charge is -2.12. The second-order valence-corrected chi connectivity index (χ2v) is 11.2. The Bertz CT molecular complexity index is 973. The molecule has 0 atom stereocenters. The van der Waals surface area contributed by atoms with Gasteiger partial charge in [-0.05, 0) is 49.4 Å². The Balaban J connectivity index is 1.53. The van der Waals surface area contributed by atoms with Crippen molar-refractivity contribution in [3.63, 3.8) is 0 Å². The van der Waals surface area contributed by atoms with Crippen LogP contribution in [-0.4, -0.2) is 34.5 Å². The molecule has 0 radical (unpaired) electrons. The summed E-state index contributed by atoms with van der Waals surface area (Å²) in [5, 5.41) is 29.0. The number of aromatic carboxylic acids is 1. The maximum Gasteiger partial charge on any atom is 0.335 e. The molecule has 0 aliphatic carbocycles. The van der Waals surface area contributed by atoms with E-state index in [1.54, 1.807) is 24.3 Å². The molecule has 6 heteroatoms. The Morgan fingerprint density at radius 1 is 0.634 bits per heavy atom. The molecule has 0 aliphatic heterocycles. The van der Waals surface area contributed by atoms with Gasteiger partial charge in [-0.15, -0.1) is 0 Å². The van der Waals surface area contributed by atoms with Crippen molar-refractivity contribution in [3.05, 3.63) is 47.5 Å². The Kier molecular flexibility index (Phi) is 18.2. The summed E-state index contributed by atoms with van der Waals surface area (Å²) in [4.78, 5) is 11.6. The van der Waals surface area contributed by atoms with Gasteiger partial charge in [-0.2, -0.15) is 0 Å². The van der Waals surface area contributed by atoms with Crippen LogP contribution in [0.25, 0.3) is 0 Å². The van der Waals surface area contributed by atoms with Crippen molar-refractivity contribution in [2.45, 2.75) is 129 Å². The van der Waals surface area contributed by atoms with Crippen LogP contribution >= 0.6 is 0 Å². The summed E-state index contributed by atoms with van der Waals surface area (Å²) in [6.45, 7) is 3.25. The SMILES string of the molecule is CCCCCCCCCCCCCCCCCCOc1cc(OCCCCc2cccc(O)c2O)cc(C(=O)O)c1. The Labute approximate surface area is 248 Å². The fourth-order valence-electron chi connectivity index (χ4n) is 5.09. The third kappa shape index (κ3) is 15.6. The van der Waals surface area contributed by atoms with Gasteiger partial charge in [0.2, 0.25) is 0 Å². The summed E-state index contributed by atoms with van der Waals surface area (Å²) in [7, 11) is 0. The lowest BCUT2D eigenvalue weighted by Crippen LogP contribution is -2.04. The number of phenolic OH excluding ortho intramolecular Hbond substituents is 2. The van der Waals surface area contributed by atoms with Crippen LogP contribution in [0.1, 0.15) is 138 Å². The Morgan fingerprint density at radius 2 is 1.10 bits per heavy atom. The number of hydrogen-bond donors (Lipinski definition) is 3. The molecule has 0 heterocycles. The molecule has 0 saturated carbocycles. The minimum absolute atomic E-state index is 0.0753. The van der Waals surface area contributed by atoms with Gasteiger partial charge in [0.1, 0.15) is 11.5 Å². The van der Waals surface area contributed by atoms with Crippen molar-refractivity contribution in [3.8, 4) is 23.0 Å². The number of rotatable bonds is 25. The van der Waals surface area contributed by atoms with Crippen LogP contribution in [-0.2, 0) is 6.42 Å². The first-order valence-electron chi connectivity index (χ1n) is 16.1. The third-order valence-corrected chi connectivity index (χ3v) is 7.60. The first-order valence-corrected chi connectivity index (χ1v) is 16.1. The van der Waals surface area contributed by atoms with E-state index in [-0.39, 0.29) is 17.1 Å². The largest absolute Gasteiger partial charge is 0.504 e. The molecule has 0 unspecified atom stereocenters. The highest BCUT2D eigenvalue weighted by Gasteiger charge is 2.10. The molecule has 0 spiro atoms. The molecule has 2 aromatic rings. The van der Waals surface area contributed by atoms with Gasteiger partial charge in [0.15, 0.2) is 11.5 Å². The molecule has 2 rings (SSSR count). The molecular weight excluding hydrogens is 516 g/mol. The van der Waals surface area contributed by atoms with Crippen LogP contribution in [0.4, 0.5) is 0 Å². The zero-order valence-electron chi connectivity index (χ0n) is 25.4. The maximum atomic E-state index is 11.6. The van der Waals surface area contributed by atoms with E-state index in [0.29, 0.717) is 36.7 Å². The van der Waals surface area contributed by atoms with E-state index in [0.717, 1.165) is 25.7 Å². The van der Waals surface area contributed by atoms with E-state index in [9.17, 15) is 20.1 Å². The minimum Gasteiger partial charge on any atom is -0.504 e. The number of unbranched alkanes of at least 4 members (excludes halogenated alkanes) is 16. The summed E-state index contributed by atoms with van der Waals surface area (Å²) in [6, 6.07) is 9.77. The van der Waals surface area contributed by atoms with E-state index in [1.165, 1.54) is 102 Å². The van der Waals surface area contributed by atoms with E-state index in [4.69, 9.17) is 9.47 Å². The van der Waals surface area contributed by atoms with Gasteiger partial charge in [0.25, 0.3) is 0 Å². The fraction of sp³-hybridized carbons (Fsp3) is 0.629. The van der Waals surface area contributed by atoms with Gasteiger partial charge in [0, 0.05) is 6.07 Å². The molecule has 3 N–H and O–H groups in total. The first-order chi connectivity index (χ1) is 20.0. The van der Waals surface area contributed by atoms with Gasteiger partial charge in [-0.3, -0.25) is 0 Å². The normalized spacial score (nSPS) is 11.0. The van der Waals surface area contributed by atoms with Gasteiger partial charge in [-0.25, -0.2) is 4.79 Å². The predicted octanol–water partition coefficient (Wildman–Crippen LogP) is 9.84. The molecule has 0 saturated heterocycles. The fourth-order valence-corrected chi connectivity index (χ4v) is 5.09. The van der Waals surface area contributed by atoms with Crippen LogP contribution < -0.4 is 9.47 Å².